The molecule has 1 atom stereocenters. The van der Waals surface area contributed by atoms with Gasteiger partial charge in [0.05, 0.1) is 9.73 Å². The molecular weight excluding hydrogens is 359 g/mol. The molecular formula is C15H14F3N3O3S. The van der Waals surface area contributed by atoms with Crippen molar-refractivity contribution in [3.63, 3.8) is 0 Å². The Bertz CT molecular complexity index is 908. The minimum Gasteiger partial charge on any atom is -0.329 e. The van der Waals surface area contributed by atoms with Gasteiger partial charge in [-0.2, -0.15) is 22.5 Å². The lowest BCUT2D eigenvalue weighted by Gasteiger charge is -2.02. The molecule has 25 heavy (non-hydrogen) atoms. The van der Waals surface area contributed by atoms with Gasteiger partial charge in [0, 0.05) is 23.5 Å². The number of benzene rings is 1. The molecule has 1 unspecified atom stereocenters. The van der Waals surface area contributed by atoms with E-state index in [0.29, 0.717) is 5.56 Å². The van der Waals surface area contributed by atoms with Gasteiger partial charge in [-0.15, -0.1) is 0 Å². The molecule has 1 saturated carbocycles. The molecule has 0 radical (unpaired) electrons. The number of hydrogen-bond acceptors (Lipinski definition) is 5. The van der Waals surface area contributed by atoms with Gasteiger partial charge in [0.25, 0.3) is 5.91 Å². The molecule has 134 valence electrons. The van der Waals surface area contributed by atoms with Gasteiger partial charge in [-0.1, -0.05) is 17.3 Å². The molecule has 1 heterocycles. The normalized spacial score (nSPS) is 17.1. The van der Waals surface area contributed by atoms with Gasteiger partial charge in [0.1, 0.15) is 0 Å². The Morgan fingerprint density at radius 3 is 2.48 bits per heavy atom. The number of aromatic nitrogens is 2. The van der Waals surface area contributed by atoms with Crippen molar-refractivity contribution in [3.05, 3.63) is 47.1 Å². The molecule has 1 amide bonds. The van der Waals surface area contributed by atoms with Crippen LogP contribution in [0.5, 0.6) is 0 Å². The summed E-state index contributed by atoms with van der Waals surface area (Å²) in [4.78, 5) is 15.3. The molecule has 0 aliphatic heterocycles. The fraction of sp³-hybridized carbons (Fsp3) is 0.400. The van der Waals surface area contributed by atoms with Crippen molar-refractivity contribution in [2.45, 2.75) is 30.7 Å². The van der Waals surface area contributed by atoms with Crippen LogP contribution < -0.4 is 0 Å². The van der Waals surface area contributed by atoms with E-state index in [0.717, 1.165) is 12.8 Å². The second-order valence-corrected chi connectivity index (χ2v) is 8.42. The van der Waals surface area contributed by atoms with Crippen LogP contribution in [0.15, 0.2) is 33.2 Å². The third-order valence-corrected chi connectivity index (χ3v) is 5.92. The van der Waals surface area contributed by atoms with E-state index in [-0.39, 0.29) is 23.1 Å². The van der Waals surface area contributed by atoms with Gasteiger partial charge >= 0.3 is 12.1 Å². The lowest BCUT2D eigenvalue weighted by molar-refractivity contribution is -0.159. The highest BCUT2D eigenvalue weighted by Gasteiger charge is 2.38. The van der Waals surface area contributed by atoms with Gasteiger partial charge in [-0.25, -0.2) is 4.21 Å². The van der Waals surface area contributed by atoms with Crippen LogP contribution in [-0.4, -0.2) is 31.8 Å². The highest BCUT2D eigenvalue weighted by atomic mass is 32.2. The number of alkyl halides is 3. The molecule has 1 aromatic heterocycles. The van der Waals surface area contributed by atoms with Crippen LogP contribution in [0.2, 0.25) is 0 Å². The van der Waals surface area contributed by atoms with Gasteiger partial charge < -0.3 is 4.52 Å². The zero-order valence-electron chi connectivity index (χ0n) is 13.1. The second-order valence-electron chi connectivity index (χ2n) is 5.84. The molecule has 0 N–H and O–H groups in total. The molecule has 0 saturated heterocycles. The number of carbonyl (C=O) groups is 1. The molecule has 1 aliphatic rings. The van der Waals surface area contributed by atoms with Crippen molar-refractivity contribution in [1.29, 1.82) is 0 Å². The van der Waals surface area contributed by atoms with E-state index in [1.165, 1.54) is 18.4 Å². The number of rotatable bonds is 4. The summed E-state index contributed by atoms with van der Waals surface area (Å²) in [6, 6.07) is 6.07. The minimum absolute atomic E-state index is 0.0169. The number of amides is 1. The lowest BCUT2D eigenvalue weighted by Crippen LogP contribution is -2.07. The third kappa shape index (κ3) is 4.25. The molecule has 0 bridgehead atoms. The molecule has 2 aromatic rings. The van der Waals surface area contributed by atoms with Crippen LogP contribution in [0.25, 0.3) is 0 Å². The maximum atomic E-state index is 12.4. The first kappa shape index (κ1) is 17.6. The molecule has 1 fully saturated rings. The van der Waals surface area contributed by atoms with Crippen LogP contribution in [0.1, 0.15) is 40.5 Å². The summed E-state index contributed by atoms with van der Waals surface area (Å²) >= 11 is 0. The summed E-state index contributed by atoms with van der Waals surface area (Å²) in [5.74, 6) is -2.07. The monoisotopic (exact) mass is 373 g/mol. The smallest absolute Gasteiger partial charge is 0.329 e. The van der Waals surface area contributed by atoms with E-state index in [9.17, 15) is 22.2 Å². The maximum absolute atomic E-state index is 12.4. The topological polar surface area (TPSA) is 85.4 Å². The van der Waals surface area contributed by atoms with E-state index in [2.05, 4.69) is 19.0 Å². The van der Waals surface area contributed by atoms with E-state index in [4.69, 9.17) is 0 Å². The fourth-order valence-corrected chi connectivity index (χ4v) is 3.78. The fourth-order valence-electron chi connectivity index (χ4n) is 2.19. The SMILES string of the molecule is CS(=O)(=NC(=O)c1ccc(Cc2noc(C(F)(F)F)n2)cc1)C1CC1. The average Bonchev–Trinajstić information content (AvgIpc) is 3.28. The molecule has 10 heteroatoms. The zero-order valence-corrected chi connectivity index (χ0v) is 13.9. The van der Waals surface area contributed by atoms with Crippen LogP contribution >= 0.6 is 0 Å². The Morgan fingerprint density at radius 1 is 1.32 bits per heavy atom. The highest BCUT2D eigenvalue weighted by molar-refractivity contribution is 7.94. The van der Waals surface area contributed by atoms with E-state index >= 15 is 0 Å². The summed E-state index contributed by atoms with van der Waals surface area (Å²) < 4.78 is 57.4. The summed E-state index contributed by atoms with van der Waals surface area (Å²) in [5.41, 5.74) is 0.869. The van der Waals surface area contributed by atoms with Gasteiger partial charge in [-0.05, 0) is 30.5 Å². The first-order valence-corrected chi connectivity index (χ1v) is 9.38. The van der Waals surface area contributed by atoms with Crippen molar-refractivity contribution < 1.29 is 26.7 Å². The quantitative estimate of drug-likeness (QED) is 0.822. The highest BCUT2D eigenvalue weighted by Crippen LogP contribution is 2.29. The Hall–Kier alpha value is -2.23. The van der Waals surface area contributed by atoms with Crippen molar-refractivity contribution in [1.82, 2.24) is 10.1 Å². The Kier molecular flexibility index (Phi) is 4.40. The standard InChI is InChI=1S/C15H14F3N3O3S/c1-25(23,11-6-7-11)21-13(22)10-4-2-9(3-5-10)8-12-19-14(24-20-12)15(16,17)18/h2-5,11H,6-8H2,1H3. The average molecular weight is 373 g/mol. The number of nitrogens with zero attached hydrogens (tertiary/aromatic N) is 3. The number of halogens is 3. The van der Waals surface area contributed by atoms with Crippen molar-refractivity contribution in [3.8, 4) is 0 Å². The summed E-state index contributed by atoms with van der Waals surface area (Å²) in [7, 11) is -2.52. The summed E-state index contributed by atoms with van der Waals surface area (Å²) in [6.07, 6.45) is -1.55. The first-order chi connectivity index (χ1) is 11.6. The first-order valence-electron chi connectivity index (χ1n) is 7.39. The lowest BCUT2D eigenvalue weighted by atomic mass is 10.1. The zero-order chi connectivity index (χ0) is 18.2. The third-order valence-electron chi connectivity index (χ3n) is 3.68. The number of hydrogen-bond donors (Lipinski definition) is 0. The van der Waals surface area contributed by atoms with Gasteiger partial charge in [0.2, 0.25) is 0 Å². The molecule has 3 rings (SSSR count). The van der Waals surface area contributed by atoms with Crippen LogP contribution in [-0.2, 0) is 22.3 Å². The Labute approximate surface area is 141 Å². The number of carbonyl (C=O) groups excluding carboxylic acids is 1. The second kappa shape index (κ2) is 6.25. The predicted octanol–water partition coefficient (Wildman–Crippen LogP) is 3.08. The summed E-state index contributed by atoms with van der Waals surface area (Å²) in [5, 5.41) is 3.26. The summed E-state index contributed by atoms with van der Waals surface area (Å²) in [6.45, 7) is 0. The van der Waals surface area contributed by atoms with E-state index in [1.807, 2.05) is 0 Å². The van der Waals surface area contributed by atoms with Crippen molar-refractivity contribution in [2.75, 3.05) is 6.26 Å². The van der Waals surface area contributed by atoms with Crippen LogP contribution in [0, 0.1) is 0 Å². The Balaban J connectivity index is 1.71. The van der Waals surface area contributed by atoms with Crippen LogP contribution in [0.3, 0.4) is 0 Å². The van der Waals surface area contributed by atoms with Gasteiger partial charge in [0.15, 0.2) is 5.82 Å². The van der Waals surface area contributed by atoms with Gasteiger partial charge in [-0.3, -0.25) is 4.79 Å². The van der Waals surface area contributed by atoms with Crippen molar-refractivity contribution in [2.24, 2.45) is 4.36 Å². The predicted molar refractivity (Wildman–Crippen MR) is 82.4 cm³/mol. The molecule has 6 nitrogen and oxygen atoms in total. The van der Waals surface area contributed by atoms with Crippen LogP contribution in [0.4, 0.5) is 13.2 Å². The largest absolute Gasteiger partial charge is 0.471 e. The maximum Gasteiger partial charge on any atom is 0.471 e. The minimum atomic E-state index is -4.68. The molecule has 1 aromatic carbocycles. The van der Waals surface area contributed by atoms with E-state index < -0.39 is 27.7 Å². The molecule has 0 spiro atoms. The van der Waals surface area contributed by atoms with E-state index in [1.54, 1.807) is 12.1 Å². The van der Waals surface area contributed by atoms with Crippen molar-refractivity contribution >= 4 is 15.6 Å². The Morgan fingerprint density at radius 2 is 1.96 bits per heavy atom. The molecule has 1 aliphatic carbocycles.